The Bertz CT molecular complexity index is 3170. The van der Waals surface area contributed by atoms with Gasteiger partial charge in [-0.05, 0) is 63.4 Å². The van der Waals surface area contributed by atoms with Crippen LogP contribution in [0, 0.1) is 0 Å². The van der Waals surface area contributed by atoms with Gasteiger partial charge in [-0.2, -0.15) is 0 Å². The van der Waals surface area contributed by atoms with E-state index in [9.17, 15) is 0 Å². The van der Waals surface area contributed by atoms with Crippen molar-refractivity contribution in [3.05, 3.63) is 182 Å². The van der Waals surface area contributed by atoms with Crippen LogP contribution in [0.3, 0.4) is 0 Å². The maximum Gasteiger partial charge on any atom is 0.227 e. The van der Waals surface area contributed by atoms with Gasteiger partial charge in [0.15, 0.2) is 23.1 Å². The topological polar surface area (TPSA) is 77.8 Å². The number of hydrogen-bond acceptors (Lipinski definition) is 6. The van der Waals surface area contributed by atoms with Gasteiger partial charge >= 0.3 is 0 Å². The van der Waals surface area contributed by atoms with E-state index in [1.54, 1.807) is 0 Å². The van der Waals surface area contributed by atoms with E-state index in [0.29, 0.717) is 23.4 Å². The number of nitrogens with zero attached hydrogens (tertiary/aromatic N) is 4. The molecule has 8 aromatic carbocycles. The monoisotopic (exact) mass is 718 g/mol. The van der Waals surface area contributed by atoms with Crippen molar-refractivity contribution in [3.8, 4) is 67.9 Å². The van der Waals surface area contributed by atoms with E-state index < -0.39 is 0 Å². The molecule has 0 saturated heterocycles. The summed E-state index contributed by atoms with van der Waals surface area (Å²) in [6.07, 6.45) is 0. The number of aromatic nitrogens is 4. The summed E-state index contributed by atoms with van der Waals surface area (Å²) in [6.45, 7) is 0. The van der Waals surface area contributed by atoms with E-state index in [0.717, 1.165) is 82.9 Å². The van der Waals surface area contributed by atoms with Gasteiger partial charge in [0.05, 0.1) is 0 Å². The molecule has 56 heavy (non-hydrogen) atoms. The normalized spacial score (nSPS) is 11.6. The molecule has 0 atom stereocenters. The molecule has 0 radical (unpaired) electrons. The Labute approximate surface area is 321 Å². The molecule has 262 valence electrons. The van der Waals surface area contributed by atoms with E-state index in [1.807, 2.05) is 103 Å². The van der Waals surface area contributed by atoms with Crippen LogP contribution in [0.2, 0.25) is 0 Å². The Kier molecular flexibility index (Phi) is 7.38. The minimum Gasteiger partial charge on any atom is -0.456 e. The molecule has 3 heterocycles. The third-order valence-corrected chi connectivity index (χ3v) is 10.4. The molecule has 0 saturated carbocycles. The van der Waals surface area contributed by atoms with Crippen molar-refractivity contribution >= 4 is 43.8 Å². The van der Waals surface area contributed by atoms with Crippen LogP contribution in [0.5, 0.6) is 0 Å². The van der Waals surface area contributed by atoms with Crippen LogP contribution in [-0.2, 0) is 0 Å². The molecule has 3 aromatic heterocycles. The average Bonchev–Trinajstić information content (AvgIpc) is 3.86. The highest BCUT2D eigenvalue weighted by Crippen LogP contribution is 2.40. The summed E-state index contributed by atoms with van der Waals surface area (Å²) in [7, 11) is 0. The van der Waals surface area contributed by atoms with Crippen molar-refractivity contribution in [3.63, 3.8) is 0 Å². The Morgan fingerprint density at radius 3 is 1.38 bits per heavy atom. The van der Waals surface area contributed by atoms with Crippen molar-refractivity contribution in [2.24, 2.45) is 0 Å². The highest BCUT2D eigenvalue weighted by molar-refractivity contribution is 6.11. The van der Waals surface area contributed by atoms with Crippen LogP contribution >= 0.6 is 0 Å². The zero-order chi connectivity index (χ0) is 37.0. The molecule has 0 fully saturated rings. The van der Waals surface area contributed by atoms with Crippen LogP contribution < -0.4 is 0 Å². The van der Waals surface area contributed by atoms with Crippen molar-refractivity contribution in [2.45, 2.75) is 0 Å². The van der Waals surface area contributed by atoms with Gasteiger partial charge in [0.2, 0.25) is 5.89 Å². The fourth-order valence-electron chi connectivity index (χ4n) is 7.61. The molecule has 0 spiro atoms. The van der Waals surface area contributed by atoms with Crippen LogP contribution in [0.4, 0.5) is 0 Å². The largest absolute Gasteiger partial charge is 0.456 e. The van der Waals surface area contributed by atoms with Gasteiger partial charge in [0.1, 0.15) is 16.7 Å². The molecular formula is C50H30N4O2. The second-order valence-corrected chi connectivity index (χ2v) is 13.8. The summed E-state index contributed by atoms with van der Waals surface area (Å²) in [5.74, 6) is 2.52. The predicted octanol–water partition coefficient (Wildman–Crippen LogP) is 13.1. The standard InChI is InChI=1S/C50H30N4O2/c1-4-12-32(13-5-1)47-52-48(33-14-6-2-7-15-33)54-49(53-47)34-22-20-31(21-23-34)37-26-27-38(40-19-11-10-18-39(37)40)36-24-25-41-42-29-46-43(30-45(42)55-44(41)28-36)51-50(56-46)35-16-8-3-9-17-35/h1-30H. The Balaban J connectivity index is 0.947. The zero-order valence-corrected chi connectivity index (χ0v) is 29.9. The van der Waals surface area contributed by atoms with Crippen LogP contribution in [0.25, 0.3) is 112 Å². The summed E-state index contributed by atoms with van der Waals surface area (Å²) in [4.78, 5) is 19.4. The van der Waals surface area contributed by atoms with Crippen molar-refractivity contribution in [2.75, 3.05) is 0 Å². The molecule has 0 unspecified atom stereocenters. The van der Waals surface area contributed by atoms with Gasteiger partial charge in [-0.3, -0.25) is 0 Å². The first kappa shape index (κ1) is 31.8. The molecular weight excluding hydrogens is 689 g/mol. The average molecular weight is 719 g/mol. The third-order valence-electron chi connectivity index (χ3n) is 10.4. The zero-order valence-electron chi connectivity index (χ0n) is 29.9. The lowest BCUT2D eigenvalue weighted by atomic mass is 9.91. The van der Waals surface area contributed by atoms with Crippen LogP contribution in [0.15, 0.2) is 191 Å². The highest BCUT2D eigenvalue weighted by Gasteiger charge is 2.17. The SMILES string of the molecule is c1ccc(-c2nc(-c3ccccc3)nc(-c3ccc(-c4ccc(-c5ccc6c(c5)oc5cc7nc(-c8ccccc8)oc7cc56)c5ccccc45)cc3)n2)cc1. The summed E-state index contributed by atoms with van der Waals surface area (Å²) >= 11 is 0. The molecule has 0 bridgehead atoms. The summed E-state index contributed by atoms with van der Waals surface area (Å²) in [5, 5.41) is 4.37. The quantitative estimate of drug-likeness (QED) is 0.170. The predicted molar refractivity (Wildman–Crippen MR) is 225 cm³/mol. The van der Waals surface area contributed by atoms with Gasteiger partial charge in [0.25, 0.3) is 0 Å². The number of hydrogen-bond donors (Lipinski definition) is 0. The molecule has 6 heteroatoms. The van der Waals surface area contributed by atoms with Crippen molar-refractivity contribution in [1.82, 2.24) is 19.9 Å². The number of benzene rings is 8. The van der Waals surface area contributed by atoms with Crippen LogP contribution in [0.1, 0.15) is 0 Å². The minimum absolute atomic E-state index is 0.601. The lowest BCUT2D eigenvalue weighted by Gasteiger charge is -2.13. The van der Waals surface area contributed by atoms with E-state index >= 15 is 0 Å². The first-order valence-corrected chi connectivity index (χ1v) is 18.5. The first-order valence-electron chi connectivity index (χ1n) is 18.5. The molecule has 11 rings (SSSR count). The Hall–Kier alpha value is -7.70. The Morgan fingerprint density at radius 1 is 0.286 bits per heavy atom. The van der Waals surface area contributed by atoms with Crippen molar-refractivity contribution < 1.29 is 8.83 Å². The van der Waals surface area contributed by atoms with Gasteiger partial charge in [0, 0.05) is 39.1 Å². The minimum atomic E-state index is 0.601. The molecule has 0 aliphatic heterocycles. The van der Waals surface area contributed by atoms with E-state index in [-0.39, 0.29) is 0 Å². The number of rotatable bonds is 6. The van der Waals surface area contributed by atoms with E-state index in [2.05, 4.69) is 78.9 Å². The fourth-order valence-corrected chi connectivity index (χ4v) is 7.61. The molecule has 0 aliphatic rings. The van der Waals surface area contributed by atoms with E-state index in [1.165, 1.54) is 5.39 Å². The molecule has 0 aliphatic carbocycles. The van der Waals surface area contributed by atoms with Gasteiger partial charge < -0.3 is 8.83 Å². The summed E-state index contributed by atoms with van der Waals surface area (Å²) < 4.78 is 12.6. The van der Waals surface area contributed by atoms with Crippen molar-refractivity contribution in [1.29, 1.82) is 0 Å². The highest BCUT2D eigenvalue weighted by atomic mass is 16.4. The van der Waals surface area contributed by atoms with E-state index in [4.69, 9.17) is 28.8 Å². The fraction of sp³-hybridized carbons (Fsp3) is 0. The Morgan fingerprint density at radius 2 is 0.768 bits per heavy atom. The third kappa shape index (κ3) is 5.51. The second kappa shape index (κ2) is 13.0. The number of fused-ring (bicyclic) bond motifs is 5. The second-order valence-electron chi connectivity index (χ2n) is 13.8. The lowest BCUT2D eigenvalue weighted by molar-refractivity contribution is 0.620. The summed E-state index contributed by atoms with van der Waals surface area (Å²) in [5.41, 5.74) is 11.3. The summed E-state index contributed by atoms with van der Waals surface area (Å²) in [6, 6.07) is 62.0. The first-order chi connectivity index (χ1) is 27.7. The number of furan rings is 1. The van der Waals surface area contributed by atoms with Gasteiger partial charge in [-0.25, -0.2) is 19.9 Å². The smallest absolute Gasteiger partial charge is 0.227 e. The molecule has 0 amide bonds. The lowest BCUT2D eigenvalue weighted by Crippen LogP contribution is -2.00. The van der Waals surface area contributed by atoms with Gasteiger partial charge in [-0.1, -0.05) is 146 Å². The van der Waals surface area contributed by atoms with Crippen LogP contribution in [-0.4, -0.2) is 19.9 Å². The number of oxazole rings is 1. The molecule has 0 N–H and O–H groups in total. The molecule has 6 nitrogen and oxygen atoms in total. The molecule has 11 aromatic rings. The maximum atomic E-state index is 6.46. The van der Waals surface area contributed by atoms with Gasteiger partial charge in [-0.15, -0.1) is 0 Å². The maximum absolute atomic E-state index is 6.46.